The summed E-state index contributed by atoms with van der Waals surface area (Å²) in [4.78, 5) is 0. The van der Waals surface area contributed by atoms with Crippen LogP contribution in [0.25, 0.3) is 0 Å². The summed E-state index contributed by atoms with van der Waals surface area (Å²) in [6, 6.07) is 5.28. The van der Waals surface area contributed by atoms with Gasteiger partial charge in [-0.15, -0.1) is 0 Å². The van der Waals surface area contributed by atoms with Gasteiger partial charge in [-0.3, -0.25) is 0 Å². The van der Waals surface area contributed by atoms with Crippen LogP contribution < -0.4 is 0 Å². The average molecular weight is 376 g/mol. The Balaban J connectivity index is 3.58. The molecule has 0 fully saturated rings. The Hall–Kier alpha value is -2.37. The zero-order valence-corrected chi connectivity index (χ0v) is 18.0. The van der Waals surface area contributed by atoms with Crippen LogP contribution in [0, 0.1) is 15.6 Å². The van der Waals surface area contributed by atoms with Gasteiger partial charge in [0.25, 0.3) is 0 Å². The van der Waals surface area contributed by atoms with Crippen molar-refractivity contribution in [2.75, 3.05) is 0 Å². The highest BCUT2D eigenvalue weighted by Crippen LogP contribution is 2.13. The van der Waals surface area contributed by atoms with E-state index in [2.05, 4.69) is 0 Å². The normalized spacial score (nSPS) is 15.2. The first-order valence-corrected chi connectivity index (χ1v) is 9.09. The van der Waals surface area contributed by atoms with E-state index in [1.165, 1.54) is 18.6 Å². The molecule has 0 aromatic heterocycles. The molecule has 1 rings (SSSR count). The Morgan fingerprint density at radius 1 is 0.519 bits per heavy atom. The molecule has 0 spiro atoms. The van der Waals surface area contributed by atoms with Crippen molar-refractivity contribution in [3.8, 4) is 0 Å². The lowest BCUT2D eigenvalue weighted by Crippen LogP contribution is -2.30. The van der Waals surface area contributed by atoms with Crippen molar-refractivity contribution in [2.24, 2.45) is 0 Å². The Morgan fingerprint density at radius 3 is 0.852 bits per heavy atom. The predicted molar refractivity (Wildman–Crippen MR) is 112 cm³/mol. The molecular weight excluding hydrogens is 342 g/mol. The van der Waals surface area contributed by atoms with Crippen molar-refractivity contribution >= 4 is 18.6 Å². The molecule has 0 atom stereocenters. The quantitative estimate of drug-likeness (QED) is 0.348. The zero-order chi connectivity index (χ0) is 21.2. The molecule has 6 heteroatoms. The molecule has 0 aliphatic carbocycles. The van der Waals surface area contributed by atoms with Gasteiger partial charge in [-0.1, -0.05) is 0 Å². The zero-order valence-electron chi connectivity index (χ0n) is 18.0. The molecule has 0 heterocycles. The Labute approximate surface area is 162 Å². The molecule has 0 saturated heterocycles. The number of rotatable bonds is 3. The SMILES string of the molecule is CC(C)(C)/[N+]([O-])=C/c1cc(/C=[N+](\[O-])C(C)(C)C)cc(/C=[N+](/[O-])C(C)(C)C)c1. The number of hydroxylamine groups is 3. The van der Waals surface area contributed by atoms with E-state index in [-0.39, 0.29) is 0 Å². The average Bonchev–Trinajstić information content (AvgIpc) is 2.43. The van der Waals surface area contributed by atoms with Crippen LogP contribution in [0.4, 0.5) is 0 Å². The summed E-state index contributed by atoms with van der Waals surface area (Å²) in [5, 5.41) is 36.9. The van der Waals surface area contributed by atoms with Crippen molar-refractivity contribution < 1.29 is 14.2 Å². The van der Waals surface area contributed by atoms with E-state index in [1.54, 1.807) is 18.2 Å². The van der Waals surface area contributed by atoms with E-state index in [9.17, 15) is 15.6 Å². The highest BCUT2D eigenvalue weighted by molar-refractivity contribution is 5.88. The van der Waals surface area contributed by atoms with E-state index in [0.717, 1.165) is 14.2 Å². The maximum absolute atomic E-state index is 12.3. The third-order valence-corrected chi connectivity index (χ3v) is 3.78. The number of benzene rings is 1. The van der Waals surface area contributed by atoms with Crippen LogP contribution in [0.15, 0.2) is 18.2 Å². The van der Waals surface area contributed by atoms with Crippen molar-refractivity contribution in [2.45, 2.75) is 78.9 Å². The second-order valence-corrected chi connectivity index (χ2v) is 9.81. The molecule has 1 aromatic carbocycles. The molecule has 0 aliphatic rings. The second-order valence-electron chi connectivity index (χ2n) is 9.81. The summed E-state index contributed by atoms with van der Waals surface area (Å²) in [7, 11) is 0. The molecule has 0 amide bonds. The van der Waals surface area contributed by atoms with E-state index < -0.39 is 16.6 Å². The summed E-state index contributed by atoms with van der Waals surface area (Å²) in [6.45, 7) is 16.4. The topological polar surface area (TPSA) is 78.2 Å². The van der Waals surface area contributed by atoms with Crippen molar-refractivity contribution in [1.29, 1.82) is 0 Å². The summed E-state index contributed by atoms with van der Waals surface area (Å²) >= 11 is 0. The van der Waals surface area contributed by atoms with Crippen LogP contribution in [-0.4, -0.2) is 49.5 Å². The van der Waals surface area contributed by atoms with E-state index >= 15 is 0 Å². The van der Waals surface area contributed by atoms with Gasteiger partial charge in [0, 0.05) is 79.0 Å². The maximum Gasteiger partial charge on any atom is 0.182 e. The van der Waals surface area contributed by atoms with Gasteiger partial charge in [0.2, 0.25) is 0 Å². The van der Waals surface area contributed by atoms with Gasteiger partial charge in [0.1, 0.15) is 0 Å². The van der Waals surface area contributed by atoms with Gasteiger partial charge in [-0.25, -0.2) is 14.2 Å². The largest absolute Gasteiger partial charge is 0.623 e. The van der Waals surface area contributed by atoms with E-state index in [0.29, 0.717) is 16.7 Å². The van der Waals surface area contributed by atoms with Gasteiger partial charge < -0.3 is 15.6 Å². The molecule has 0 aliphatic heterocycles. The van der Waals surface area contributed by atoms with Crippen molar-refractivity contribution in [3.05, 3.63) is 50.5 Å². The lowest BCUT2D eigenvalue weighted by molar-refractivity contribution is -0.530. The van der Waals surface area contributed by atoms with Crippen LogP contribution in [0.1, 0.15) is 79.0 Å². The van der Waals surface area contributed by atoms with Crippen LogP contribution in [-0.2, 0) is 0 Å². The Morgan fingerprint density at radius 2 is 0.704 bits per heavy atom. The molecule has 150 valence electrons. The van der Waals surface area contributed by atoms with Crippen LogP contribution in [0.5, 0.6) is 0 Å². The first-order chi connectivity index (χ1) is 12.0. The first-order valence-electron chi connectivity index (χ1n) is 9.09. The summed E-state index contributed by atoms with van der Waals surface area (Å²) < 4.78 is 2.61. The molecule has 0 N–H and O–H groups in total. The molecule has 0 bridgehead atoms. The van der Waals surface area contributed by atoms with Crippen molar-refractivity contribution in [3.63, 3.8) is 0 Å². The minimum Gasteiger partial charge on any atom is -0.623 e. The highest BCUT2D eigenvalue weighted by atomic mass is 16.5. The number of nitrogens with zero attached hydrogens (tertiary/aromatic N) is 3. The fraction of sp³-hybridized carbons (Fsp3) is 0.571. The molecule has 1 aromatic rings. The van der Waals surface area contributed by atoms with Crippen LogP contribution in [0.3, 0.4) is 0 Å². The molecule has 6 nitrogen and oxygen atoms in total. The van der Waals surface area contributed by atoms with Crippen molar-refractivity contribution in [1.82, 2.24) is 0 Å². The minimum atomic E-state index is -0.588. The predicted octanol–water partition coefficient (Wildman–Crippen LogP) is 3.87. The summed E-state index contributed by atoms with van der Waals surface area (Å²) in [5.41, 5.74) is 0.124. The standard InChI is InChI=1S/C21H33N3O3/c1-19(2,3)22(25)13-16-10-17(14-23(26)20(4,5)6)12-18(11-16)15-24(27)21(7,8)9/h10-15H,1-9H3/b22-13-,23-14-,24-15+. The van der Waals surface area contributed by atoms with E-state index in [4.69, 9.17) is 0 Å². The lowest BCUT2D eigenvalue weighted by atomic mass is 10.0. The number of hydrogen-bond acceptors (Lipinski definition) is 3. The minimum absolute atomic E-state index is 0.588. The molecule has 27 heavy (non-hydrogen) atoms. The van der Waals surface area contributed by atoms with Gasteiger partial charge in [0.15, 0.2) is 35.3 Å². The first kappa shape index (κ1) is 22.7. The van der Waals surface area contributed by atoms with Gasteiger partial charge in [-0.2, -0.15) is 0 Å². The molecular formula is C21H33N3O3. The van der Waals surface area contributed by atoms with E-state index in [1.807, 2.05) is 62.3 Å². The highest BCUT2D eigenvalue weighted by Gasteiger charge is 2.21. The Kier molecular flexibility index (Phi) is 6.47. The smallest absolute Gasteiger partial charge is 0.182 e. The molecule has 0 radical (unpaired) electrons. The summed E-state index contributed by atoms with van der Waals surface area (Å²) in [6.07, 6.45) is 4.44. The fourth-order valence-electron chi connectivity index (χ4n) is 1.91. The van der Waals surface area contributed by atoms with Gasteiger partial charge >= 0.3 is 0 Å². The maximum atomic E-state index is 12.3. The third-order valence-electron chi connectivity index (χ3n) is 3.78. The van der Waals surface area contributed by atoms with Crippen LogP contribution in [0.2, 0.25) is 0 Å². The van der Waals surface area contributed by atoms with Gasteiger partial charge in [-0.05, 0) is 18.2 Å². The fourth-order valence-corrected chi connectivity index (χ4v) is 1.91. The van der Waals surface area contributed by atoms with Crippen LogP contribution >= 0.6 is 0 Å². The monoisotopic (exact) mass is 375 g/mol. The number of hydrogen-bond donors (Lipinski definition) is 0. The second kappa shape index (κ2) is 7.71. The third kappa shape index (κ3) is 7.04. The Bertz CT molecular complexity index is 654. The van der Waals surface area contributed by atoms with Gasteiger partial charge in [0.05, 0.1) is 0 Å². The molecule has 0 unspecified atom stereocenters. The summed E-state index contributed by atoms with van der Waals surface area (Å²) in [5.74, 6) is 0. The molecule has 0 saturated carbocycles. The lowest BCUT2D eigenvalue weighted by Gasteiger charge is -2.20.